The Kier molecular flexibility index (Phi) is 4.58. The predicted molar refractivity (Wildman–Crippen MR) is 78.7 cm³/mol. The highest BCUT2D eigenvalue weighted by Crippen LogP contribution is 2.26. The first-order valence-corrected chi connectivity index (χ1v) is 6.68. The van der Waals surface area contributed by atoms with Gasteiger partial charge >= 0.3 is 0 Å². The molecule has 0 fully saturated rings. The second kappa shape index (κ2) is 6.39. The van der Waals surface area contributed by atoms with Gasteiger partial charge in [0, 0.05) is 6.07 Å². The van der Waals surface area contributed by atoms with Gasteiger partial charge in [0.25, 0.3) is 0 Å². The lowest BCUT2D eigenvalue weighted by Gasteiger charge is -2.11. The molecule has 0 radical (unpaired) electrons. The number of carbonyl (C=O) groups is 1. The molecule has 0 saturated carbocycles. The van der Waals surface area contributed by atoms with Gasteiger partial charge in [-0.2, -0.15) is 0 Å². The zero-order valence-electron chi connectivity index (χ0n) is 12.3. The van der Waals surface area contributed by atoms with Gasteiger partial charge < -0.3 is 9.47 Å². The molecule has 0 amide bonds. The number of rotatable bonds is 5. The zero-order valence-corrected chi connectivity index (χ0v) is 12.3. The second-order valence-electron chi connectivity index (χ2n) is 4.61. The number of benzene rings is 2. The van der Waals surface area contributed by atoms with E-state index in [0.29, 0.717) is 23.7 Å². The van der Waals surface area contributed by atoms with Crippen LogP contribution in [0.2, 0.25) is 0 Å². The molecular formula is C17H17FO3. The first kappa shape index (κ1) is 15.0. The number of halogens is 1. The Morgan fingerprint density at radius 1 is 1.14 bits per heavy atom. The van der Waals surface area contributed by atoms with E-state index >= 15 is 0 Å². The highest BCUT2D eigenvalue weighted by Gasteiger charge is 2.19. The lowest BCUT2D eigenvalue weighted by atomic mass is 10.00. The third kappa shape index (κ3) is 3.21. The number of carbonyl (C=O) groups excluding carboxylic acids is 1. The van der Waals surface area contributed by atoms with Crippen molar-refractivity contribution in [2.24, 2.45) is 0 Å². The molecule has 0 aliphatic rings. The largest absolute Gasteiger partial charge is 0.497 e. The molecule has 0 aliphatic heterocycles. The van der Waals surface area contributed by atoms with E-state index in [-0.39, 0.29) is 5.56 Å². The number of methoxy groups -OCH3 is 1. The van der Waals surface area contributed by atoms with Crippen molar-refractivity contribution in [3.8, 4) is 11.5 Å². The average molecular weight is 288 g/mol. The third-order valence-corrected chi connectivity index (χ3v) is 3.10. The second-order valence-corrected chi connectivity index (χ2v) is 4.61. The molecule has 0 N–H and O–H groups in total. The Morgan fingerprint density at radius 3 is 2.52 bits per heavy atom. The maximum atomic E-state index is 14.0. The highest BCUT2D eigenvalue weighted by molar-refractivity contribution is 6.11. The lowest BCUT2D eigenvalue weighted by Crippen LogP contribution is -2.08. The molecule has 0 spiro atoms. The summed E-state index contributed by atoms with van der Waals surface area (Å²) < 4.78 is 24.4. The number of hydrogen-bond donors (Lipinski definition) is 0. The Bertz CT molecular complexity index is 665. The van der Waals surface area contributed by atoms with Gasteiger partial charge in [-0.25, -0.2) is 4.39 Å². The van der Waals surface area contributed by atoms with Crippen molar-refractivity contribution in [3.63, 3.8) is 0 Å². The van der Waals surface area contributed by atoms with Gasteiger partial charge in [-0.3, -0.25) is 4.79 Å². The summed E-state index contributed by atoms with van der Waals surface area (Å²) in [4.78, 5) is 12.6. The molecule has 0 heterocycles. The fourth-order valence-corrected chi connectivity index (χ4v) is 2.05. The van der Waals surface area contributed by atoms with Gasteiger partial charge in [0.05, 0.1) is 24.8 Å². The minimum Gasteiger partial charge on any atom is -0.497 e. The summed E-state index contributed by atoms with van der Waals surface area (Å²) in [6, 6.07) is 9.47. The molecule has 0 atom stereocenters. The van der Waals surface area contributed by atoms with E-state index in [9.17, 15) is 9.18 Å². The fourth-order valence-electron chi connectivity index (χ4n) is 2.05. The summed E-state index contributed by atoms with van der Waals surface area (Å²) in [5.74, 6) is -0.174. The van der Waals surface area contributed by atoms with Crippen LogP contribution in [0.4, 0.5) is 4.39 Å². The molecule has 0 saturated heterocycles. The Hall–Kier alpha value is -2.36. The Labute approximate surface area is 123 Å². The molecule has 0 aromatic heterocycles. The van der Waals surface area contributed by atoms with Gasteiger partial charge in [-0.1, -0.05) is 11.6 Å². The van der Waals surface area contributed by atoms with Crippen LogP contribution in [0.3, 0.4) is 0 Å². The average Bonchev–Trinajstić information content (AvgIpc) is 2.48. The van der Waals surface area contributed by atoms with E-state index in [1.54, 1.807) is 18.2 Å². The van der Waals surface area contributed by atoms with Crippen molar-refractivity contribution in [1.82, 2.24) is 0 Å². The standard InChI is InChI=1S/C17H17FO3/c1-4-21-16-8-5-11(2)9-14(16)17(19)13-7-6-12(20-3)10-15(13)18/h5-10H,4H2,1-3H3. The molecular weight excluding hydrogens is 271 g/mol. The summed E-state index contributed by atoms with van der Waals surface area (Å²) in [7, 11) is 1.45. The molecule has 21 heavy (non-hydrogen) atoms. The van der Waals surface area contributed by atoms with E-state index in [2.05, 4.69) is 0 Å². The third-order valence-electron chi connectivity index (χ3n) is 3.10. The maximum Gasteiger partial charge on any atom is 0.199 e. The van der Waals surface area contributed by atoms with E-state index in [0.717, 1.165) is 5.56 Å². The zero-order chi connectivity index (χ0) is 15.4. The monoisotopic (exact) mass is 288 g/mol. The van der Waals surface area contributed by atoms with Gasteiger partial charge in [0.1, 0.15) is 17.3 Å². The van der Waals surface area contributed by atoms with E-state index in [1.165, 1.54) is 19.2 Å². The summed E-state index contributed by atoms with van der Waals surface area (Å²) >= 11 is 0. The summed E-state index contributed by atoms with van der Waals surface area (Å²) in [5.41, 5.74) is 1.28. The summed E-state index contributed by atoms with van der Waals surface area (Å²) in [6.45, 7) is 4.15. The van der Waals surface area contributed by atoms with Crippen LogP contribution >= 0.6 is 0 Å². The molecule has 2 aromatic rings. The number of ketones is 1. The molecule has 0 unspecified atom stereocenters. The number of ether oxygens (including phenoxy) is 2. The SMILES string of the molecule is CCOc1ccc(C)cc1C(=O)c1ccc(OC)cc1F. The highest BCUT2D eigenvalue weighted by atomic mass is 19.1. The molecule has 2 rings (SSSR count). The minimum atomic E-state index is -0.608. The lowest BCUT2D eigenvalue weighted by molar-refractivity contribution is 0.103. The smallest absolute Gasteiger partial charge is 0.199 e. The fraction of sp³-hybridized carbons (Fsp3) is 0.235. The number of aryl methyl sites for hydroxylation is 1. The van der Waals surface area contributed by atoms with Gasteiger partial charge in [-0.15, -0.1) is 0 Å². The van der Waals surface area contributed by atoms with Crippen LogP contribution in [0.15, 0.2) is 36.4 Å². The normalized spacial score (nSPS) is 10.3. The van der Waals surface area contributed by atoms with E-state index in [1.807, 2.05) is 19.9 Å². The van der Waals surface area contributed by atoms with Crippen molar-refractivity contribution in [2.45, 2.75) is 13.8 Å². The van der Waals surface area contributed by atoms with Crippen molar-refractivity contribution in [1.29, 1.82) is 0 Å². The Morgan fingerprint density at radius 2 is 1.90 bits per heavy atom. The molecule has 0 bridgehead atoms. The first-order chi connectivity index (χ1) is 10.1. The van der Waals surface area contributed by atoms with Crippen LogP contribution in [0.25, 0.3) is 0 Å². The van der Waals surface area contributed by atoms with Crippen molar-refractivity contribution < 1.29 is 18.7 Å². The molecule has 4 heteroatoms. The van der Waals surface area contributed by atoms with Crippen LogP contribution < -0.4 is 9.47 Å². The predicted octanol–water partition coefficient (Wildman–Crippen LogP) is 3.77. The van der Waals surface area contributed by atoms with Gasteiger partial charge in [0.2, 0.25) is 0 Å². The van der Waals surface area contributed by atoms with Gasteiger partial charge in [-0.05, 0) is 38.1 Å². The van der Waals surface area contributed by atoms with Crippen LogP contribution in [0.1, 0.15) is 28.4 Å². The maximum absolute atomic E-state index is 14.0. The Balaban J connectivity index is 2.46. The molecule has 3 nitrogen and oxygen atoms in total. The van der Waals surface area contributed by atoms with Gasteiger partial charge in [0.15, 0.2) is 5.78 Å². The van der Waals surface area contributed by atoms with Crippen LogP contribution in [-0.4, -0.2) is 19.5 Å². The first-order valence-electron chi connectivity index (χ1n) is 6.68. The minimum absolute atomic E-state index is 0.00218. The van der Waals surface area contributed by atoms with Crippen LogP contribution in [0.5, 0.6) is 11.5 Å². The summed E-state index contributed by atoms with van der Waals surface area (Å²) in [5, 5.41) is 0. The molecule has 2 aromatic carbocycles. The van der Waals surface area contributed by atoms with E-state index < -0.39 is 11.6 Å². The van der Waals surface area contributed by atoms with Crippen molar-refractivity contribution in [2.75, 3.05) is 13.7 Å². The van der Waals surface area contributed by atoms with E-state index in [4.69, 9.17) is 9.47 Å². The quantitative estimate of drug-likeness (QED) is 0.786. The van der Waals surface area contributed by atoms with Crippen molar-refractivity contribution >= 4 is 5.78 Å². The molecule has 0 aliphatic carbocycles. The van der Waals surface area contributed by atoms with Crippen molar-refractivity contribution in [3.05, 3.63) is 58.9 Å². The van der Waals surface area contributed by atoms with Crippen LogP contribution in [-0.2, 0) is 0 Å². The summed E-state index contributed by atoms with van der Waals surface area (Å²) in [6.07, 6.45) is 0. The molecule has 110 valence electrons. The number of hydrogen-bond acceptors (Lipinski definition) is 3. The van der Waals surface area contributed by atoms with Crippen LogP contribution in [0, 0.1) is 12.7 Å². The topological polar surface area (TPSA) is 35.5 Å².